The third-order valence-electron chi connectivity index (χ3n) is 7.61. The van der Waals surface area contributed by atoms with Crippen molar-refractivity contribution in [2.45, 2.75) is 26.9 Å². The van der Waals surface area contributed by atoms with Crippen molar-refractivity contribution in [3.8, 4) is 17.3 Å². The van der Waals surface area contributed by atoms with Crippen LogP contribution in [0.4, 0.5) is 21.0 Å². The molecule has 5 heterocycles. The van der Waals surface area contributed by atoms with Gasteiger partial charge in [0.05, 0.1) is 12.6 Å². The number of benzene rings is 1. The summed E-state index contributed by atoms with van der Waals surface area (Å²) in [6, 6.07) is 12.1. The smallest absolute Gasteiger partial charge is 0.236 e. The lowest BCUT2D eigenvalue weighted by molar-refractivity contribution is -0.142. The van der Waals surface area contributed by atoms with E-state index in [1.54, 1.807) is 17.0 Å². The number of likely N-dealkylation sites (tertiary alicyclic amines) is 1. The Balaban J connectivity index is 0.00000353. The van der Waals surface area contributed by atoms with Crippen LogP contribution >= 0.6 is 11.3 Å². The van der Waals surface area contributed by atoms with Crippen LogP contribution in [0.2, 0.25) is 0 Å². The molecule has 1 amide bonds. The molecule has 220 valence electrons. The number of hydrogen-bond donors (Lipinski definition) is 1. The fourth-order valence-electron chi connectivity index (χ4n) is 5.28. The number of piperazine rings is 1. The van der Waals surface area contributed by atoms with Gasteiger partial charge in [-0.2, -0.15) is 5.26 Å². The Morgan fingerprint density at radius 1 is 1.17 bits per heavy atom. The van der Waals surface area contributed by atoms with Gasteiger partial charge in [-0.1, -0.05) is 25.7 Å². The maximum absolute atomic E-state index is 13.5. The van der Waals surface area contributed by atoms with Crippen LogP contribution in [-0.2, 0) is 11.2 Å². The molecule has 3 aromatic heterocycles. The SMILES string of the molecule is C.CCc1oc2ccc(N3CCN(CC(=O)N4CC(O)C4)CC3)nc2c1N(C)c1nc(-c2ccc(F)cc2)c(C#N)s1. The second kappa shape index (κ2) is 12.1. The largest absolute Gasteiger partial charge is 0.457 e. The number of carbonyl (C=O) groups is 1. The highest BCUT2D eigenvalue weighted by Gasteiger charge is 2.31. The number of furan rings is 1. The predicted molar refractivity (Wildman–Crippen MR) is 162 cm³/mol. The fraction of sp³-hybridized carbons (Fsp3) is 0.400. The number of aliphatic hydroxyl groups excluding tert-OH is 1. The van der Waals surface area contributed by atoms with Gasteiger partial charge in [0.2, 0.25) is 5.91 Å². The van der Waals surface area contributed by atoms with Gasteiger partial charge in [0.1, 0.15) is 45.2 Å². The molecule has 0 bridgehead atoms. The van der Waals surface area contributed by atoms with Crippen LogP contribution in [0, 0.1) is 17.1 Å². The number of fused-ring (bicyclic) bond motifs is 1. The quantitative estimate of drug-likeness (QED) is 0.337. The molecule has 0 unspecified atom stereocenters. The van der Waals surface area contributed by atoms with Crippen LogP contribution in [0.3, 0.4) is 0 Å². The first-order valence-electron chi connectivity index (χ1n) is 13.6. The first kappa shape index (κ1) is 29.4. The monoisotopic (exact) mass is 591 g/mol. The summed E-state index contributed by atoms with van der Waals surface area (Å²) in [6.45, 7) is 6.18. The van der Waals surface area contributed by atoms with E-state index in [-0.39, 0.29) is 19.2 Å². The van der Waals surface area contributed by atoms with E-state index in [4.69, 9.17) is 14.4 Å². The molecule has 42 heavy (non-hydrogen) atoms. The van der Waals surface area contributed by atoms with Crippen molar-refractivity contribution in [1.29, 1.82) is 5.26 Å². The summed E-state index contributed by atoms with van der Waals surface area (Å²) in [6.07, 6.45) is 0.255. The van der Waals surface area contributed by atoms with Gasteiger partial charge >= 0.3 is 0 Å². The van der Waals surface area contributed by atoms with Gasteiger partial charge in [-0.15, -0.1) is 0 Å². The Morgan fingerprint density at radius 2 is 1.88 bits per heavy atom. The zero-order valence-corrected chi connectivity index (χ0v) is 23.7. The number of nitriles is 1. The fourth-order valence-corrected chi connectivity index (χ4v) is 6.13. The highest BCUT2D eigenvalue weighted by Crippen LogP contribution is 2.41. The Bertz CT molecular complexity index is 1620. The van der Waals surface area contributed by atoms with Crippen LogP contribution in [0.1, 0.15) is 25.0 Å². The molecule has 0 atom stereocenters. The van der Waals surface area contributed by atoms with Crippen LogP contribution in [0.25, 0.3) is 22.4 Å². The zero-order valence-electron chi connectivity index (χ0n) is 22.9. The molecule has 0 saturated carbocycles. The van der Waals surface area contributed by atoms with Crippen molar-refractivity contribution in [3.63, 3.8) is 0 Å². The number of amides is 1. The molecular weight excluding hydrogens is 557 g/mol. The third kappa shape index (κ3) is 5.55. The number of anilines is 3. The molecule has 6 rings (SSSR count). The first-order chi connectivity index (χ1) is 19.8. The molecule has 1 N–H and O–H groups in total. The number of halogens is 1. The molecule has 2 aliphatic heterocycles. The molecule has 10 nitrogen and oxygen atoms in total. The second-order valence-corrected chi connectivity index (χ2v) is 11.3. The molecule has 2 saturated heterocycles. The maximum Gasteiger partial charge on any atom is 0.236 e. The summed E-state index contributed by atoms with van der Waals surface area (Å²) < 4.78 is 19.7. The molecular formula is C30H34FN7O3S. The number of nitrogens with zero attached hydrogens (tertiary/aromatic N) is 7. The van der Waals surface area contributed by atoms with E-state index in [1.165, 1.54) is 23.5 Å². The lowest BCUT2D eigenvalue weighted by atomic mass is 10.1. The lowest BCUT2D eigenvalue weighted by Gasteiger charge is -2.39. The minimum absolute atomic E-state index is 0. The minimum atomic E-state index is -0.391. The van der Waals surface area contributed by atoms with Gasteiger partial charge in [-0.25, -0.2) is 14.4 Å². The van der Waals surface area contributed by atoms with Crippen molar-refractivity contribution in [2.24, 2.45) is 0 Å². The van der Waals surface area contributed by atoms with E-state index in [1.807, 2.05) is 31.0 Å². The first-order valence-corrected chi connectivity index (χ1v) is 14.4. The van der Waals surface area contributed by atoms with Crippen LogP contribution < -0.4 is 9.80 Å². The molecule has 0 aliphatic carbocycles. The molecule has 1 aromatic carbocycles. The Labute approximate surface area is 248 Å². The average Bonchev–Trinajstić information content (AvgIpc) is 3.57. The van der Waals surface area contributed by atoms with E-state index in [2.05, 4.69) is 15.9 Å². The van der Waals surface area contributed by atoms with Gasteiger partial charge in [-0.3, -0.25) is 9.69 Å². The highest BCUT2D eigenvalue weighted by atomic mass is 32.1. The van der Waals surface area contributed by atoms with E-state index >= 15 is 0 Å². The zero-order chi connectivity index (χ0) is 28.7. The molecule has 12 heteroatoms. The van der Waals surface area contributed by atoms with Crippen molar-refractivity contribution in [3.05, 3.63) is 52.9 Å². The minimum Gasteiger partial charge on any atom is -0.457 e. The molecule has 4 aromatic rings. The Morgan fingerprint density at radius 3 is 2.52 bits per heavy atom. The second-order valence-electron chi connectivity index (χ2n) is 10.3. The van der Waals surface area contributed by atoms with Crippen molar-refractivity contribution < 1.29 is 18.7 Å². The Hall–Kier alpha value is -4.05. The van der Waals surface area contributed by atoms with Gasteiger partial charge in [0.25, 0.3) is 0 Å². The lowest BCUT2D eigenvalue weighted by Crippen LogP contribution is -2.57. The van der Waals surface area contributed by atoms with Gasteiger partial charge in [0, 0.05) is 58.3 Å². The summed E-state index contributed by atoms with van der Waals surface area (Å²) in [7, 11) is 1.89. The van der Waals surface area contributed by atoms with E-state index in [0.717, 1.165) is 43.4 Å². The number of aryl methyl sites for hydroxylation is 1. The standard InChI is InChI=1S/C29H30FN7O3S.CH4/c1-3-21-28(34(2)29-33-26(23(14-31)41-29)18-4-6-19(30)7-5-18)27-22(40-21)8-9-24(32-27)36-12-10-35(11-13-36)17-25(39)37-15-20(38)16-37;/h4-9,20,38H,3,10-13,15-17H2,1-2H3;1H4. The van der Waals surface area contributed by atoms with Gasteiger partial charge in [0.15, 0.2) is 10.7 Å². The van der Waals surface area contributed by atoms with E-state index < -0.39 is 6.10 Å². The van der Waals surface area contributed by atoms with Crippen molar-refractivity contribution in [1.82, 2.24) is 19.8 Å². The predicted octanol–water partition coefficient (Wildman–Crippen LogP) is 4.25. The van der Waals surface area contributed by atoms with Crippen LogP contribution in [0.15, 0.2) is 40.8 Å². The summed E-state index contributed by atoms with van der Waals surface area (Å²) in [5.41, 5.74) is 3.38. The van der Waals surface area contributed by atoms with Crippen molar-refractivity contribution in [2.75, 3.05) is 62.7 Å². The summed E-state index contributed by atoms with van der Waals surface area (Å²) >= 11 is 1.27. The third-order valence-corrected chi connectivity index (χ3v) is 8.65. The molecule has 0 spiro atoms. The number of aliphatic hydroxyl groups is 1. The highest BCUT2D eigenvalue weighted by molar-refractivity contribution is 7.16. The maximum atomic E-state index is 13.5. The number of pyridine rings is 1. The molecule has 2 fully saturated rings. The number of rotatable bonds is 7. The normalized spacial score (nSPS) is 15.8. The Kier molecular flexibility index (Phi) is 8.45. The van der Waals surface area contributed by atoms with Gasteiger partial charge < -0.3 is 24.2 Å². The van der Waals surface area contributed by atoms with Crippen LogP contribution in [-0.4, -0.2) is 89.7 Å². The number of β-amino-alcohol motifs (C(OH)–C–C–N with tert-alkyl or cyclic N) is 1. The van der Waals surface area contributed by atoms with E-state index in [9.17, 15) is 19.6 Å². The summed E-state index contributed by atoms with van der Waals surface area (Å²) in [5, 5.41) is 19.9. The molecule has 2 aliphatic rings. The average molecular weight is 592 g/mol. The molecule has 0 radical (unpaired) electrons. The van der Waals surface area contributed by atoms with Crippen LogP contribution in [0.5, 0.6) is 0 Å². The summed E-state index contributed by atoms with van der Waals surface area (Å²) in [4.78, 5) is 30.6. The number of carbonyl (C=O) groups excluding carboxylic acids is 1. The van der Waals surface area contributed by atoms with E-state index in [0.29, 0.717) is 58.4 Å². The topological polar surface area (TPSA) is 113 Å². The number of aromatic nitrogens is 2. The number of thiazole rings is 1. The number of hydrogen-bond acceptors (Lipinski definition) is 10. The summed E-state index contributed by atoms with van der Waals surface area (Å²) in [5.74, 6) is 1.31. The van der Waals surface area contributed by atoms with Crippen molar-refractivity contribution >= 4 is 45.0 Å². The van der Waals surface area contributed by atoms with Gasteiger partial charge in [-0.05, 0) is 36.4 Å².